The minimum absolute atomic E-state index is 0.0701. The average molecular weight is 714 g/mol. The third-order valence-corrected chi connectivity index (χ3v) is 7.77. The number of halogens is 6. The van der Waals surface area contributed by atoms with Crippen molar-refractivity contribution < 1.29 is 50.5 Å². The number of alkyl halides is 3. The van der Waals surface area contributed by atoms with Gasteiger partial charge in [-0.05, 0) is 60.4 Å². The Morgan fingerprint density at radius 2 is 1.84 bits per heavy atom. The molecule has 17 heteroatoms. The molecular formula is C32H33ClF5N5O6. The van der Waals surface area contributed by atoms with Gasteiger partial charge in [0.05, 0.1) is 25.9 Å². The van der Waals surface area contributed by atoms with Crippen LogP contribution in [-0.4, -0.2) is 80.9 Å². The fraction of sp³-hybridized carbons (Fsp3) is 0.375. The SMILES string of the molecule is COC(=O)N[C@H](C(=O)Nc1cccc(F)c1CC[C@@H]1CN[C@H](COC(=O)NCC(F)(F)F)CO1)[C@@H](c1ccc(Cl)cc1)c1ccnc(F)c1. The van der Waals surface area contributed by atoms with Crippen molar-refractivity contribution in [1.29, 1.82) is 0 Å². The van der Waals surface area contributed by atoms with Gasteiger partial charge in [0.15, 0.2) is 0 Å². The van der Waals surface area contributed by atoms with Crippen LogP contribution in [0.5, 0.6) is 0 Å². The number of anilines is 1. The van der Waals surface area contributed by atoms with Crippen LogP contribution in [0.2, 0.25) is 5.02 Å². The van der Waals surface area contributed by atoms with Gasteiger partial charge in [0, 0.05) is 34.9 Å². The first-order chi connectivity index (χ1) is 23.3. The Bertz CT molecular complexity index is 1590. The first-order valence-corrected chi connectivity index (χ1v) is 15.3. The molecule has 2 aromatic carbocycles. The molecule has 11 nitrogen and oxygen atoms in total. The maximum absolute atomic E-state index is 15.2. The van der Waals surface area contributed by atoms with E-state index >= 15 is 4.39 Å². The highest BCUT2D eigenvalue weighted by atomic mass is 35.5. The van der Waals surface area contributed by atoms with Crippen LogP contribution in [0.15, 0.2) is 60.8 Å². The molecule has 3 aromatic rings. The Hall–Kier alpha value is -4.54. The first kappa shape index (κ1) is 37.3. The lowest BCUT2D eigenvalue weighted by atomic mass is 9.84. The molecule has 1 aliphatic heterocycles. The summed E-state index contributed by atoms with van der Waals surface area (Å²) in [6.45, 7) is -1.41. The molecule has 0 aliphatic carbocycles. The first-order valence-electron chi connectivity index (χ1n) is 14.9. The zero-order valence-electron chi connectivity index (χ0n) is 26.0. The highest BCUT2D eigenvalue weighted by Gasteiger charge is 2.34. The quantitative estimate of drug-likeness (QED) is 0.151. The summed E-state index contributed by atoms with van der Waals surface area (Å²) in [4.78, 5) is 41.5. The number of benzene rings is 2. The third kappa shape index (κ3) is 11.3. The standard InChI is InChI=1S/C32H33ClF5N5O6/c1-47-31(46)43-28(27(18-5-7-20(33)8-6-18)19-11-12-39-26(35)13-19)29(44)42-25-4-2-3-24(34)23(25)10-9-22-14-40-21(15-48-22)16-49-30(45)41-17-32(36,37)38/h2-8,11-13,21-22,27-28,40H,9-10,14-17H2,1H3,(H,41,45)(H,42,44)(H,43,46)/t21-,22+,27-,28-/m0/s1. The van der Waals surface area contributed by atoms with Crippen LogP contribution in [0.25, 0.3) is 0 Å². The predicted molar refractivity (Wildman–Crippen MR) is 167 cm³/mol. The number of pyridine rings is 1. The van der Waals surface area contributed by atoms with Crippen molar-refractivity contribution in [3.63, 3.8) is 0 Å². The number of rotatable bonds is 12. The number of ether oxygens (including phenoxy) is 3. The average Bonchev–Trinajstić information content (AvgIpc) is 3.06. The second kappa shape index (κ2) is 17.2. The lowest BCUT2D eigenvalue weighted by molar-refractivity contribution is -0.124. The van der Waals surface area contributed by atoms with E-state index in [1.807, 2.05) is 0 Å². The molecule has 0 bridgehead atoms. The number of aromatic nitrogens is 1. The van der Waals surface area contributed by atoms with Gasteiger partial charge in [-0.2, -0.15) is 17.6 Å². The van der Waals surface area contributed by atoms with Crippen molar-refractivity contribution in [1.82, 2.24) is 20.9 Å². The fourth-order valence-electron chi connectivity index (χ4n) is 5.15. The minimum Gasteiger partial charge on any atom is -0.453 e. The van der Waals surface area contributed by atoms with E-state index < -0.39 is 66.7 Å². The summed E-state index contributed by atoms with van der Waals surface area (Å²) in [6, 6.07) is 11.3. The van der Waals surface area contributed by atoms with Crippen molar-refractivity contribution in [2.24, 2.45) is 0 Å². The molecule has 4 rings (SSSR count). The summed E-state index contributed by atoms with van der Waals surface area (Å²) >= 11 is 6.08. The van der Waals surface area contributed by atoms with Crippen LogP contribution in [0.3, 0.4) is 0 Å². The van der Waals surface area contributed by atoms with Crippen LogP contribution in [0.4, 0.5) is 37.2 Å². The molecule has 0 radical (unpaired) electrons. The van der Waals surface area contributed by atoms with Crippen molar-refractivity contribution in [2.75, 3.05) is 38.7 Å². The van der Waals surface area contributed by atoms with Gasteiger partial charge in [0.2, 0.25) is 11.9 Å². The van der Waals surface area contributed by atoms with Crippen LogP contribution in [0, 0.1) is 11.8 Å². The largest absolute Gasteiger partial charge is 0.453 e. The zero-order chi connectivity index (χ0) is 35.6. The van der Waals surface area contributed by atoms with Crippen molar-refractivity contribution in [2.45, 2.75) is 43.1 Å². The van der Waals surface area contributed by atoms with E-state index in [0.717, 1.165) is 13.2 Å². The summed E-state index contributed by atoms with van der Waals surface area (Å²) in [5, 5.41) is 10.3. The minimum atomic E-state index is -4.57. The summed E-state index contributed by atoms with van der Waals surface area (Å²) in [6.07, 6.45) is -5.51. The maximum atomic E-state index is 15.2. The van der Waals surface area contributed by atoms with Gasteiger partial charge in [-0.1, -0.05) is 29.8 Å². The number of carbonyl (C=O) groups is 3. The highest BCUT2D eigenvalue weighted by Crippen LogP contribution is 2.31. The number of amides is 3. The van der Waals surface area contributed by atoms with Crippen molar-refractivity contribution >= 4 is 35.4 Å². The number of nitrogens with one attached hydrogen (secondary N) is 4. The molecule has 0 unspecified atom stereocenters. The fourth-order valence-corrected chi connectivity index (χ4v) is 5.28. The van der Waals surface area contributed by atoms with Gasteiger partial charge in [-0.25, -0.2) is 19.0 Å². The van der Waals surface area contributed by atoms with E-state index in [9.17, 15) is 31.9 Å². The Kier molecular flexibility index (Phi) is 13.1. The monoisotopic (exact) mass is 713 g/mol. The van der Waals surface area contributed by atoms with Gasteiger partial charge >= 0.3 is 18.4 Å². The Morgan fingerprint density at radius 3 is 2.49 bits per heavy atom. The number of hydrogen-bond donors (Lipinski definition) is 4. The van der Waals surface area contributed by atoms with E-state index in [1.54, 1.807) is 29.6 Å². The summed E-state index contributed by atoms with van der Waals surface area (Å²) < 4.78 is 81.6. The van der Waals surface area contributed by atoms with Crippen LogP contribution in [-0.2, 0) is 25.4 Å². The molecule has 4 N–H and O–H groups in total. The topological polar surface area (TPSA) is 140 Å². The lowest BCUT2D eigenvalue weighted by Gasteiger charge is -2.30. The Labute approximate surface area is 282 Å². The van der Waals surface area contributed by atoms with E-state index in [0.29, 0.717) is 22.6 Å². The third-order valence-electron chi connectivity index (χ3n) is 7.52. The van der Waals surface area contributed by atoms with Gasteiger partial charge in [0.1, 0.15) is 25.0 Å². The molecule has 0 spiro atoms. The maximum Gasteiger partial charge on any atom is 0.407 e. The summed E-state index contributed by atoms with van der Waals surface area (Å²) in [5.74, 6) is -3.14. The molecule has 1 aliphatic rings. The number of alkyl carbamates (subject to hydrolysis) is 2. The highest BCUT2D eigenvalue weighted by molar-refractivity contribution is 6.30. The van der Waals surface area contributed by atoms with Crippen LogP contribution < -0.4 is 21.3 Å². The van der Waals surface area contributed by atoms with E-state index in [4.69, 9.17) is 25.8 Å². The Balaban J connectivity index is 1.45. The van der Waals surface area contributed by atoms with E-state index in [1.165, 1.54) is 30.5 Å². The van der Waals surface area contributed by atoms with Crippen molar-refractivity contribution in [3.8, 4) is 0 Å². The lowest BCUT2D eigenvalue weighted by Crippen LogP contribution is -2.49. The molecule has 2 heterocycles. The number of methoxy groups -OCH3 is 1. The van der Waals surface area contributed by atoms with Crippen LogP contribution >= 0.6 is 11.6 Å². The van der Waals surface area contributed by atoms with Crippen LogP contribution in [0.1, 0.15) is 29.0 Å². The van der Waals surface area contributed by atoms with E-state index in [-0.39, 0.29) is 37.4 Å². The van der Waals surface area contributed by atoms with Gasteiger partial charge in [0.25, 0.3) is 0 Å². The van der Waals surface area contributed by atoms with Gasteiger partial charge < -0.3 is 35.5 Å². The Morgan fingerprint density at radius 1 is 1.08 bits per heavy atom. The molecule has 3 amide bonds. The van der Waals surface area contributed by atoms with Gasteiger partial charge in [-0.3, -0.25) is 4.79 Å². The number of carbonyl (C=O) groups excluding carboxylic acids is 3. The van der Waals surface area contributed by atoms with Crippen molar-refractivity contribution in [3.05, 3.63) is 94.3 Å². The molecular weight excluding hydrogens is 681 g/mol. The normalized spacial score (nSPS) is 17.4. The number of hydrogen-bond acceptors (Lipinski definition) is 8. The second-order valence-electron chi connectivity index (χ2n) is 11.0. The predicted octanol–water partition coefficient (Wildman–Crippen LogP) is 5.09. The molecule has 1 aromatic heterocycles. The second-order valence-corrected chi connectivity index (χ2v) is 11.4. The molecule has 4 atom stereocenters. The molecule has 264 valence electrons. The summed E-state index contributed by atoms with van der Waals surface area (Å²) in [5.41, 5.74) is 1.08. The van der Waals surface area contributed by atoms with Gasteiger partial charge in [-0.15, -0.1) is 0 Å². The number of nitrogens with zero attached hydrogens (tertiary/aromatic N) is 1. The molecule has 0 saturated carbocycles. The molecule has 1 saturated heterocycles. The summed E-state index contributed by atoms with van der Waals surface area (Å²) in [7, 11) is 1.12. The smallest absolute Gasteiger partial charge is 0.407 e. The molecule has 1 fully saturated rings. The molecule has 49 heavy (non-hydrogen) atoms. The number of morpholine rings is 1. The zero-order valence-corrected chi connectivity index (χ0v) is 26.7. The van der Waals surface area contributed by atoms with E-state index in [2.05, 4.69) is 20.9 Å².